The second-order valence-electron chi connectivity index (χ2n) is 6.84. The molecule has 2 aromatic heterocycles. The fourth-order valence-corrected chi connectivity index (χ4v) is 3.49. The zero-order valence-corrected chi connectivity index (χ0v) is 15.4. The number of imidazole rings is 1. The lowest BCUT2D eigenvalue weighted by Crippen LogP contribution is -2.32. The molecule has 1 aromatic carbocycles. The number of hydrogen-bond acceptors (Lipinski definition) is 4. The summed E-state index contributed by atoms with van der Waals surface area (Å²) < 4.78 is 7.27. The van der Waals surface area contributed by atoms with Crippen LogP contribution in [0.2, 0.25) is 0 Å². The van der Waals surface area contributed by atoms with Crippen molar-refractivity contribution in [3.63, 3.8) is 0 Å². The Balaban J connectivity index is 1.57. The number of carbonyl (C=O) groups is 1. The molecule has 0 radical (unpaired) electrons. The van der Waals surface area contributed by atoms with E-state index in [0.29, 0.717) is 0 Å². The minimum atomic E-state index is -0.328. The molecule has 0 spiro atoms. The molecule has 1 amide bonds. The van der Waals surface area contributed by atoms with E-state index in [1.54, 1.807) is 25.7 Å². The highest BCUT2D eigenvalue weighted by atomic mass is 16.5. The Morgan fingerprint density at radius 2 is 2.07 bits per heavy atom. The Labute approximate surface area is 158 Å². The van der Waals surface area contributed by atoms with Crippen molar-refractivity contribution in [2.45, 2.75) is 18.4 Å². The fraction of sp³-hybridized carbons (Fsp3) is 0.286. The lowest BCUT2D eigenvalue weighted by molar-refractivity contribution is -0.123. The molecule has 3 unspecified atom stereocenters. The Bertz CT molecular complexity index is 938. The molecule has 2 heterocycles. The molecule has 4 rings (SSSR count). The van der Waals surface area contributed by atoms with E-state index in [9.17, 15) is 4.79 Å². The van der Waals surface area contributed by atoms with Gasteiger partial charge in [-0.05, 0) is 47.7 Å². The molecule has 27 heavy (non-hydrogen) atoms. The number of nitrogens with one attached hydrogen (secondary N) is 1. The summed E-state index contributed by atoms with van der Waals surface area (Å²) in [6.07, 6.45) is 8.03. The zero-order chi connectivity index (χ0) is 18.8. The highest BCUT2D eigenvalue weighted by Gasteiger charge is 2.44. The number of ether oxygens (including phenoxy) is 1. The normalized spacial score (nSPS) is 19.3. The predicted octanol–water partition coefficient (Wildman–Crippen LogP) is 2.83. The quantitative estimate of drug-likeness (QED) is 0.732. The number of carbonyl (C=O) groups excluding carboxylic acids is 1. The van der Waals surface area contributed by atoms with Crippen LogP contribution in [0.15, 0.2) is 61.2 Å². The molecule has 1 N–H and O–H groups in total. The number of hydrogen-bond donors (Lipinski definition) is 1. The Morgan fingerprint density at radius 1 is 1.26 bits per heavy atom. The van der Waals surface area contributed by atoms with Crippen molar-refractivity contribution in [3.05, 3.63) is 78.1 Å². The van der Waals surface area contributed by atoms with Crippen LogP contribution >= 0.6 is 0 Å². The Hall–Kier alpha value is -3.15. The third-order valence-electron chi connectivity index (χ3n) is 5.09. The molecule has 0 aliphatic heterocycles. The molecule has 1 fully saturated rings. The maximum Gasteiger partial charge on any atom is 0.224 e. The first-order chi connectivity index (χ1) is 13.2. The molecule has 138 valence electrons. The number of rotatable bonds is 6. The van der Waals surface area contributed by atoms with Gasteiger partial charge >= 0.3 is 0 Å². The van der Waals surface area contributed by atoms with Crippen LogP contribution in [-0.2, 0) is 11.8 Å². The SMILES string of the molecule is COc1cccc(C(NC(=O)C2CC2c2ccncc2)c2nccn2C)c1. The number of nitrogens with zero attached hydrogens (tertiary/aromatic N) is 3. The lowest BCUT2D eigenvalue weighted by Gasteiger charge is -2.20. The number of aryl methyl sites for hydroxylation is 1. The van der Waals surface area contributed by atoms with Gasteiger partial charge in [0.1, 0.15) is 17.6 Å². The zero-order valence-electron chi connectivity index (χ0n) is 15.4. The average molecular weight is 362 g/mol. The summed E-state index contributed by atoms with van der Waals surface area (Å²) in [5.74, 6) is 1.84. The summed E-state index contributed by atoms with van der Waals surface area (Å²) in [6.45, 7) is 0. The van der Waals surface area contributed by atoms with Crippen molar-refractivity contribution < 1.29 is 9.53 Å². The fourth-order valence-electron chi connectivity index (χ4n) is 3.49. The topological polar surface area (TPSA) is 69.0 Å². The minimum Gasteiger partial charge on any atom is -0.497 e. The molecule has 1 aliphatic rings. The van der Waals surface area contributed by atoms with E-state index in [4.69, 9.17) is 4.74 Å². The van der Waals surface area contributed by atoms with Gasteiger partial charge in [-0.1, -0.05) is 12.1 Å². The lowest BCUT2D eigenvalue weighted by atomic mass is 10.0. The van der Waals surface area contributed by atoms with Crippen LogP contribution in [0.4, 0.5) is 0 Å². The molecule has 6 heteroatoms. The summed E-state index contributed by atoms with van der Waals surface area (Å²) in [4.78, 5) is 21.4. The summed E-state index contributed by atoms with van der Waals surface area (Å²) >= 11 is 0. The third kappa shape index (κ3) is 3.56. The van der Waals surface area contributed by atoms with Crippen molar-refractivity contribution in [2.75, 3.05) is 7.11 Å². The maximum absolute atomic E-state index is 12.9. The van der Waals surface area contributed by atoms with Crippen molar-refractivity contribution in [3.8, 4) is 5.75 Å². The van der Waals surface area contributed by atoms with Crippen LogP contribution < -0.4 is 10.1 Å². The van der Waals surface area contributed by atoms with Gasteiger partial charge in [-0.25, -0.2) is 4.98 Å². The van der Waals surface area contributed by atoms with Gasteiger partial charge in [-0.3, -0.25) is 9.78 Å². The second kappa shape index (κ2) is 7.23. The summed E-state index contributed by atoms with van der Waals surface area (Å²) in [6, 6.07) is 11.4. The summed E-state index contributed by atoms with van der Waals surface area (Å²) in [7, 11) is 3.57. The second-order valence-corrected chi connectivity index (χ2v) is 6.84. The van der Waals surface area contributed by atoms with E-state index in [1.165, 1.54) is 5.56 Å². The number of aromatic nitrogens is 3. The van der Waals surface area contributed by atoms with Crippen LogP contribution in [0.5, 0.6) is 5.75 Å². The van der Waals surface area contributed by atoms with Gasteiger partial charge < -0.3 is 14.6 Å². The third-order valence-corrected chi connectivity index (χ3v) is 5.09. The van der Waals surface area contributed by atoms with Crippen LogP contribution in [0.1, 0.15) is 35.3 Å². The summed E-state index contributed by atoms with van der Waals surface area (Å²) in [5, 5.41) is 3.20. The van der Waals surface area contributed by atoms with Crippen LogP contribution in [0, 0.1) is 5.92 Å². The first-order valence-corrected chi connectivity index (χ1v) is 8.99. The number of benzene rings is 1. The predicted molar refractivity (Wildman–Crippen MR) is 101 cm³/mol. The smallest absolute Gasteiger partial charge is 0.224 e. The molecule has 1 aliphatic carbocycles. The molecule has 6 nitrogen and oxygen atoms in total. The molecule has 0 bridgehead atoms. The van der Waals surface area contributed by atoms with Crippen LogP contribution in [-0.4, -0.2) is 27.6 Å². The van der Waals surface area contributed by atoms with Crippen molar-refractivity contribution in [1.82, 2.24) is 19.9 Å². The van der Waals surface area contributed by atoms with Crippen molar-refractivity contribution >= 4 is 5.91 Å². The number of amides is 1. The number of pyridine rings is 1. The van der Waals surface area contributed by atoms with Crippen LogP contribution in [0.25, 0.3) is 0 Å². The van der Waals surface area contributed by atoms with E-state index in [0.717, 1.165) is 23.6 Å². The standard InChI is InChI=1S/C21H22N4O2/c1-25-11-10-23-20(25)19(15-4-3-5-16(12-15)27-2)24-21(26)18-13-17(18)14-6-8-22-9-7-14/h3-12,17-19H,13H2,1-2H3,(H,24,26). The van der Waals surface area contributed by atoms with Gasteiger partial charge in [0.05, 0.1) is 7.11 Å². The van der Waals surface area contributed by atoms with Gasteiger partial charge in [-0.2, -0.15) is 0 Å². The first kappa shape index (κ1) is 17.3. The first-order valence-electron chi connectivity index (χ1n) is 8.99. The van der Waals surface area contributed by atoms with E-state index in [1.807, 2.05) is 54.2 Å². The molecule has 3 aromatic rings. The van der Waals surface area contributed by atoms with Gasteiger partial charge in [0.15, 0.2) is 0 Å². The van der Waals surface area contributed by atoms with Gasteiger partial charge in [-0.15, -0.1) is 0 Å². The molecule has 3 atom stereocenters. The van der Waals surface area contributed by atoms with Crippen LogP contribution in [0.3, 0.4) is 0 Å². The molecule has 1 saturated carbocycles. The monoisotopic (exact) mass is 362 g/mol. The van der Waals surface area contributed by atoms with E-state index < -0.39 is 0 Å². The van der Waals surface area contributed by atoms with Crippen molar-refractivity contribution in [1.29, 1.82) is 0 Å². The maximum atomic E-state index is 12.9. The highest BCUT2D eigenvalue weighted by Crippen LogP contribution is 2.47. The van der Waals surface area contributed by atoms with Crippen molar-refractivity contribution in [2.24, 2.45) is 13.0 Å². The van der Waals surface area contributed by atoms with Gasteiger partial charge in [0.2, 0.25) is 5.91 Å². The van der Waals surface area contributed by atoms with E-state index in [-0.39, 0.29) is 23.8 Å². The van der Waals surface area contributed by atoms with Gasteiger partial charge in [0, 0.05) is 37.8 Å². The van der Waals surface area contributed by atoms with E-state index in [2.05, 4.69) is 15.3 Å². The number of methoxy groups -OCH3 is 1. The highest BCUT2D eigenvalue weighted by molar-refractivity contribution is 5.83. The Morgan fingerprint density at radius 3 is 2.78 bits per heavy atom. The molecular formula is C21H22N4O2. The Kier molecular flexibility index (Phi) is 4.62. The van der Waals surface area contributed by atoms with Gasteiger partial charge in [0.25, 0.3) is 0 Å². The summed E-state index contributed by atoms with van der Waals surface area (Å²) in [5.41, 5.74) is 2.11. The average Bonchev–Trinajstić information content (AvgIpc) is 3.41. The minimum absolute atomic E-state index is 0.0132. The molecular weight excluding hydrogens is 340 g/mol. The largest absolute Gasteiger partial charge is 0.497 e. The van der Waals surface area contributed by atoms with E-state index >= 15 is 0 Å². The molecule has 0 saturated heterocycles.